The van der Waals surface area contributed by atoms with Crippen molar-refractivity contribution >= 4 is 23.2 Å². The van der Waals surface area contributed by atoms with Gasteiger partial charge in [0.2, 0.25) is 11.6 Å². The molecular formula is C27H30N2O4. The second kappa shape index (κ2) is 8.10. The number of rotatable bonds is 8. The van der Waals surface area contributed by atoms with Gasteiger partial charge < -0.3 is 10.4 Å². The molecule has 33 heavy (non-hydrogen) atoms. The number of carbonyl (C=O) groups excluding carboxylic acids is 2. The van der Waals surface area contributed by atoms with Crippen molar-refractivity contribution in [2.75, 3.05) is 5.32 Å². The van der Waals surface area contributed by atoms with Gasteiger partial charge in [0.1, 0.15) is 5.54 Å². The summed E-state index contributed by atoms with van der Waals surface area (Å²) >= 11 is 0. The largest absolute Gasteiger partial charge is 0.480 e. The van der Waals surface area contributed by atoms with E-state index in [9.17, 15) is 19.5 Å². The van der Waals surface area contributed by atoms with Gasteiger partial charge in [-0.2, -0.15) is 0 Å². The van der Waals surface area contributed by atoms with Crippen LogP contribution in [0.5, 0.6) is 0 Å². The first-order valence-electron chi connectivity index (χ1n) is 11.8. The lowest BCUT2D eigenvalue weighted by molar-refractivity contribution is -0.149. The average molecular weight is 447 g/mol. The molecular weight excluding hydrogens is 416 g/mol. The number of ketones is 2. The van der Waals surface area contributed by atoms with Gasteiger partial charge in [0, 0.05) is 35.2 Å². The van der Waals surface area contributed by atoms with E-state index in [1.807, 2.05) is 31.2 Å². The van der Waals surface area contributed by atoms with E-state index in [-0.39, 0.29) is 23.9 Å². The first-order valence-corrected chi connectivity index (χ1v) is 11.8. The highest BCUT2D eigenvalue weighted by molar-refractivity contribution is 6.44. The molecule has 5 rings (SSSR count). The molecule has 4 atom stereocenters. The maximum Gasteiger partial charge on any atom is 0.325 e. The third kappa shape index (κ3) is 3.86. The topological polar surface area (TPSA) is 95.5 Å². The number of aliphatic carboxylic acids is 1. The van der Waals surface area contributed by atoms with Crippen molar-refractivity contribution in [1.29, 1.82) is 0 Å². The van der Waals surface area contributed by atoms with Crippen molar-refractivity contribution in [2.24, 2.45) is 5.92 Å². The molecule has 4 unspecified atom stereocenters. The number of carbonyl (C=O) groups is 3. The van der Waals surface area contributed by atoms with E-state index < -0.39 is 29.0 Å². The maximum atomic E-state index is 13.3. The minimum absolute atomic E-state index is 0.0745. The predicted molar refractivity (Wildman–Crippen MR) is 125 cm³/mol. The van der Waals surface area contributed by atoms with Crippen LogP contribution in [0.1, 0.15) is 67.3 Å². The standard InChI is InChI=1S/C27H30N2O4/c1-26(14-15-26)29-27(25(32)33,16-22(30)24(31)17-8-3-2-4-9-17)23-18-10-5-6-12-20(18)28-21-13-7-11-19(21)23/h2-6,8-10,12,19,21,23,28-29H,7,11,13-16H2,1H3,(H,32,33). The van der Waals surface area contributed by atoms with Gasteiger partial charge in [-0.15, -0.1) is 0 Å². The quantitative estimate of drug-likeness (QED) is 0.416. The molecule has 1 aliphatic heterocycles. The van der Waals surface area contributed by atoms with Crippen LogP contribution in [-0.4, -0.2) is 39.8 Å². The SMILES string of the molecule is CC1(NC(CC(=O)C(=O)c2ccccc2)(C(=O)O)C2c3ccccc3NC3CCCC32)CC1. The molecule has 0 radical (unpaired) electrons. The third-order valence-corrected chi connectivity index (χ3v) is 7.80. The zero-order valence-electron chi connectivity index (χ0n) is 18.8. The van der Waals surface area contributed by atoms with Gasteiger partial charge in [0.15, 0.2) is 0 Å². The number of nitrogens with one attached hydrogen (secondary N) is 2. The molecule has 2 aromatic carbocycles. The monoisotopic (exact) mass is 446 g/mol. The highest BCUT2D eigenvalue weighted by Crippen LogP contribution is 2.53. The molecule has 172 valence electrons. The summed E-state index contributed by atoms with van der Waals surface area (Å²) in [7, 11) is 0. The Bertz CT molecular complexity index is 1090. The van der Waals surface area contributed by atoms with Crippen molar-refractivity contribution in [3.63, 3.8) is 0 Å². The fourth-order valence-corrected chi connectivity index (χ4v) is 5.96. The Labute approximate surface area is 193 Å². The molecule has 1 heterocycles. The number of carboxylic acid groups (broad SMARTS) is 1. The summed E-state index contributed by atoms with van der Waals surface area (Å²) in [5, 5.41) is 17.8. The zero-order valence-corrected chi connectivity index (χ0v) is 18.8. The van der Waals surface area contributed by atoms with Crippen LogP contribution < -0.4 is 10.6 Å². The van der Waals surface area contributed by atoms with E-state index in [0.717, 1.165) is 43.4 Å². The maximum absolute atomic E-state index is 13.3. The van der Waals surface area contributed by atoms with Crippen LogP contribution in [0.3, 0.4) is 0 Å². The lowest BCUT2D eigenvalue weighted by Gasteiger charge is -2.47. The van der Waals surface area contributed by atoms with Gasteiger partial charge in [0.05, 0.1) is 0 Å². The minimum atomic E-state index is -1.56. The van der Waals surface area contributed by atoms with E-state index in [1.54, 1.807) is 30.3 Å². The van der Waals surface area contributed by atoms with Crippen LogP contribution in [0.4, 0.5) is 5.69 Å². The van der Waals surface area contributed by atoms with Crippen LogP contribution in [0.15, 0.2) is 54.6 Å². The summed E-state index contributed by atoms with van der Waals surface area (Å²) in [4.78, 5) is 39.5. The Morgan fingerprint density at radius 1 is 1.06 bits per heavy atom. The van der Waals surface area contributed by atoms with Crippen LogP contribution in [0, 0.1) is 5.92 Å². The summed E-state index contributed by atoms with van der Waals surface area (Å²) in [6.07, 6.45) is 4.21. The highest BCUT2D eigenvalue weighted by Gasteiger charge is 2.59. The van der Waals surface area contributed by atoms with Gasteiger partial charge >= 0.3 is 5.97 Å². The normalized spacial score (nSPS) is 26.3. The summed E-state index contributed by atoms with van der Waals surface area (Å²) in [5.41, 5.74) is 0.241. The Hall–Kier alpha value is -2.99. The van der Waals surface area contributed by atoms with Crippen molar-refractivity contribution in [1.82, 2.24) is 5.32 Å². The smallest absolute Gasteiger partial charge is 0.325 e. The first kappa shape index (κ1) is 21.8. The van der Waals surface area contributed by atoms with E-state index in [2.05, 4.69) is 10.6 Å². The second-order valence-electron chi connectivity index (χ2n) is 10.2. The summed E-state index contributed by atoms with van der Waals surface area (Å²) in [5.74, 6) is -2.69. The minimum Gasteiger partial charge on any atom is -0.480 e. The third-order valence-electron chi connectivity index (χ3n) is 7.80. The van der Waals surface area contributed by atoms with Crippen molar-refractivity contribution in [3.05, 3.63) is 65.7 Å². The van der Waals surface area contributed by atoms with Crippen molar-refractivity contribution < 1.29 is 19.5 Å². The molecule has 0 spiro atoms. The van der Waals surface area contributed by atoms with Crippen molar-refractivity contribution in [3.8, 4) is 0 Å². The molecule has 2 aromatic rings. The second-order valence-corrected chi connectivity index (χ2v) is 10.2. The Balaban J connectivity index is 1.60. The first-order chi connectivity index (χ1) is 15.8. The Morgan fingerprint density at radius 2 is 1.76 bits per heavy atom. The number of carboxylic acids is 1. The van der Waals surface area contributed by atoms with Gasteiger partial charge in [-0.05, 0) is 50.2 Å². The van der Waals surface area contributed by atoms with Gasteiger partial charge in [0.25, 0.3) is 0 Å². The number of anilines is 1. The Kier molecular flexibility index (Phi) is 5.36. The zero-order chi connectivity index (χ0) is 23.2. The van der Waals surface area contributed by atoms with Crippen LogP contribution in [0.25, 0.3) is 0 Å². The molecule has 0 bridgehead atoms. The molecule has 3 N–H and O–H groups in total. The molecule has 3 aliphatic rings. The summed E-state index contributed by atoms with van der Waals surface area (Å²) in [6, 6.07) is 16.4. The van der Waals surface area contributed by atoms with Crippen LogP contribution in [0.2, 0.25) is 0 Å². The van der Waals surface area contributed by atoms with Gasteiger partial charge in [-0.25, -0.2) is 0 Å². The molecule has 2 aliphatic carbocycles. The van der Waals surface area contributed by atoms with Crippen LogP contribution in [-0.2, 0) is 9.59 Å². The fourth-order valence-electron chi connectivity index (χ4n) is 5.96. The van der Waals surface area contributed by atoms with E-state index in [0.29, 0.717) is 5.56 Å². The molecule has 2 fully saturated rings. The summed E-state index contributed by atoms with van der Waals surface area (Å²) in [6.45, 7) is 2.01. The molecule has 0 aromatic heterocycles. The number of hydrogen-bond acceptors (Lipinski definition) is 5. The molecule has 6 heteroatoms. The summed E-state index contributed by atoms with van der Waals surface area (Å²) < 4.78 is 0. The predicted octanol–water partition coefficient (Wildman–Crippen LogP) is 4.17. The van der Waals surface area contributed by atoms with Gasteiger partial charge in [-0.3, -0.25) is 19.7 Å². The number of fused-ring (bicyclic) bond motifs is 2. The highest BCUT2D eigenvalue weighted by atomic mass is 16.4. The van der Waals surface area contributed by atoms with Gasteiger partial charge in [-0.1, -0.05) is 55.0 Å². The van der Waals surface area contributed by atoms with E-state index in [1.165, 1.54) is 0 Å². The molecule has 6 nitrogen and oxygen atoms in total. The molecule has 0 amide bonds. The number of hydrogen-bond donors (Lipinski definition) is 3. The van der Waals surface area contributed by atoms with Crippen molar-refractivity contribution in [2.45, 2.75) is 68.5 Å². The lowest BCUT2D eigenvalue weighted by atomic mass is 9.65. The average Bonchev–Trinajstić information content (AvgIpc) is 3.35. The van der Waals surface area contributed by atoms with E-state index in [4.69, 9.17) is 0 Å². The lowest BCUT2D eigenvalue weighted by Crippen LogP contribution is -2.64. The Morgan fingerprint density at radius 3 is 2.45 bits per heavy atom. The van der Waals surface area contributed by atoms with E-state index >= 15 is 0 Å². The number of Topliss-reactive ketones (excluding diaryl/α,β-unsaturated/α-hetero) is 2. The fraction of sp³-hybridized carbons (Fsp3) is 0.444. The molecule has 0 saturated heterocycles. The molecule has 2 saturated carbocycles. The number of benzene rings is 2. The van der Waals surface area contributed by atoms with Crippen LogP contribution >= 0.6 is 0 Å². The number of para-hydroxylation sites is 1.